The van der Waals surface area contributed by atoms with Gasteiger partial charge in [0.25, 0.3) is 0 Å². The molecule has 140 valence electrons. The molecular weight excluding hydrogens is 420 g/mol. The topological polar surface area (TPSA) is 44.8 Å². The first-order chi connectivity index (χ1) is 13.6. The van der Waals surface area contributed by atoms with Gasteiger partial charge in [-0.3, -0.25) is 4.79 Å². The van der Waals surface area contributed by atoms with Crippen LogP contribution in [0.2, 0.25) is 0 Å². The molecule has 0 fully saturated rings. The Bertz CT molecular complexity index is 1070. The predicted molar refractivity (Wildman–Crippen MR) is 111 cm³/mol. The Kier molecular flexibility index (Phi) is 5.17. The number of Topliss-reactive ketones (excluding diaryl/α,β-unsaturated/α-hetero) is 1. The summed E-state index contributed by atoms with van der Waals surface area (Å²) in [6, 6.07) is 20.6. The fourth-order valence-electron chi connectivity index (χ4n) is 2.92. The molecule has 0 aromatic heterocycles. The molecule has 3 aromatic carbocycles. The van der Waals surface area contributed by atoms with Crippen LogP contribution in [0.3, 0.4) is 0 Å². The summed E-state index contributed by atoms with van der Waals surface area (Å²) < 4.78 is 17.8. The molecule has 1 aliphatic rings. The maximum Gasteiger partial charge on any atom is 0.231 e. The molecule has 1 heterocycles. The molecule has 4 nitrogen and oxygen atoms in total. The third-order valence-electron chi connectivity index (χ3n) is 4.37. The smallest absolute Gasteiger partial charge is 0.231 e. The van der Waals surface area contributed by atoms with Crippen molar-refractivity contribution in [3.63, 3.8) is 0 Å². The van der Waals surface area contributed by atoms with Crippen molar-refractivity contribution >= 4 is 27.8 Å². The Hall–Kier alpha value is -3.05. The largest absolute Gasteiger partial charge is 0.497 e. The van der Waals surface area contributed by atoms with E-state index in [9.17, 15) is 4.79 Å². The maximum atomic E-state index is 12.6. The minimum Gasteiger partial charge on any atom is -0.497 e. The number of ketones is 1. The fraction of sp³-hybridized carbons (Fsp3) is 0.0870. The Morgan fingerprint density at radius 2 is 1.86 bits per heavy atom. The summed E-state index contributed by atoms with van der Waals surface area (Å²) in [5.74, 6) is 2.09. The SMILES string of the molecule is COc1cccc(COc2ccc3c(c2)OC(=Cc2ccccc2Br)C3=O)c1. The van der Waals surface area contributed by atoms with Gasteiger partial charge in [-0.1, -0.05) is 46.3 Å². The summed E-state index contributed by atoms with van der Waals surface area (Å²) in [6.45, 7) is 0.392. The first kappa shape index (κ1) is 18.3. The summed E-state index contributed by atoms with van der Waals surface area (Å²) in [5, 5.41) is 0. The van der Waals surface area contributed by atoms with Gasteiger partial charge >= 0.3 is 0 Å². The first-order valence-electron chi connectivity index (χ1n) is 8.72. The van der Waals surface area contributed by atoms with Crippen molar-refractivity contribution < 1.29 is 19.0 Å². The van der Waals surface area contributed by atoms with Gasteiger partial charge < -0.3 is 14.2 Å². The van der Waals surface area contributed by atoms with Crippen LogP contribution >= 0.6 is 15.9 Å². The first-order valence-corrected chi connectivity index (χ1v) is 9.52. The van der Waals surface area contributed by atoms with E-state index in [0.717, 1.165) is 21.3 Å². The second-order valence-corrected chi connectivity index (χ2v) is 7.11. The zero-order chi connectivity index (χ0) is 19.5. The molecule has 0 aliphatic carbocycles. The van der Waals surface area contributed by atoms with Gasteiger partial charge in [0.15, 0.2) is 5.76 Å². The molecule has 0 amide bonds. The molecule has 0 saturated heterocycles. The lowest BCUT2D eigenvalue weighted by Crippen LogP contribution is -1.98. The van der Waals surface area contributed by atoms with E-state index >= 15 is 0 Å². The van der Waals surface area contributed by atoms with E-state index in [1.54, 1.807) is 31.4 Å². The standard InChI is InChI=1S/C23H17BrO4/c1-26-17-7-4-5-15(11-17)14-27-18-9-10-19-21(13-18)28-22(23(19)25)12-16-6-2-3-8-20(16)24/h2-13H,14H2,1H3. The van der Waals surface area contributed by atoms with Crippen molar-refractivity contribution in [2.75, 3.05) is 7.11 Å². The molecule has 0 radical (unpaired) electrons. The zero-order valence-electron chi connectivity index (χ0n) is 15.1. The molecule has 0 unspecified atom stereocenters. The molecule has 0 N–H and O–H groups in total. The highest BCUT2D eigenvalue weighted by atomic mass is 79.9. The van der Waals surface area contributed by atoms with Crippen molar-refractivity contribution in [3.05, 3.63) is 93.7 Å². The molecule has 4 rings (SSSR count). The van der Waals surface area contributed by atoms with Gasteiger partial charge in [-0.05, 0) is 47.5 Å². The molecule has 0 spiro atoms. The lowest BCUT2D eigenvalue weighted by molar-refractivity contribution is 0.101. The van der Waals surface area contributed by atoms with Gasteiger partial charge in [-0.2, -0.15) is 0 Å². The normalized spacial score (nSPS) is 13.9. The molecular formula is C23H17BrO4. The van der Waals surface area contributed by atoms with Crippen LogP contribution in [0.25, 0.3) is 6.08 Å². The van der Waals surface area contributed by atoms with E-state index < -0.39 is 0 Å². The summed E-state index contributed by atoms with van der Waals surface area (Å²) in [7, 11) is 1.63. The van der Waals surface area contributed by atoms with Gasteiger partial charge in [0.2, 0.25) is 5.78 Å². The number of carbonyl (C=O) groups excluding carboxylic acids is 1. The van der Waals surface area contributed by atoms with E-state index in [2.05, 4.69) is 15.9 Å². The van der Waals surface area contributed by atoms with Crippen LogP contribution in [0.4, 0.5) is 0 Å². The van der Waals surface area contributed by atoms with Gasteiger partial charge in [0, 0.05) is 10.5 Å². The quantitative estimate of drug-likeness (QED) is 0.484. The number of halogens is 1. The molecule has 0 atom stereocenters. The number of fused-ring (bicyclic) bond motifs is 1. The van der Waals surface area contributed by atoms with Crippen molar-refractivity contribution in [2.24, 2.45) is 0 Å². The van der Waals surface area contributed by atoms with Crippen LogP contribution in [0.1, 0.15) is 21.5 Å². The van der Waals surface area contributed by atoms with E-state index in [4.69, 9.17) is 14.2 Å². The van der Waals surface area contributed by atoms with Crippen LogP contribution < -0.4 is 14.2 Å². The summed E-state index contributed by atoms with van der Waals surface area (Å²) in [6.07, 6.45) is 1.74. The fourth-order valence-corrected chi connectivity index (χ4v) is 3.32. The highest BCUT2D eigenvalue weighted by molar-refractivity contribution is 9.10. The average molecular weight is 437 g/mol. The molecule has 1 aliphatic heterocycles. The van der Waals surface area contributed by atoms with Crippen molar-refractivity contribution in [3.8, 4) is 17.2 Å². The van der Waals surface area contributed by atoms with E-state index in [1.807, 2.05) is 48.5 Å². The monoisotopic (exact) mass is 436 g/mol. The van der Waals surface area contributed by atoms with Crippen LogP contribution in [-0.2, 0) is 6.61 Å². The second kappa shape index (κ2) is 7.90. The number of methoxy groups -OCH3 is 1. The summed E-state index contributed by atoms with van der Waals surface area (Å²) in [4.78, 5) is 12.6. The third kappa shape index (κ3) is 3.80. The Morgan fingerprint density at radius 3 is 2.68 bits per heavy atom. The van der Waals surface area contributed by atoms with Gasteiger partial charge in [0.1, 0.15) is 23.9 Å². The minimum absolute atomic E-state index is 0.134. The Morgan fingerprint density at radius 1 is 1.00 bits per heavy atom. The maximum absolute atomic E-state index is 12.6. The lowest BCUT2D eigenvalue weighted by atomic mass is 10.1. The molecule has 0 saturated carbocycles. The number of hydrogen-bond acceptors (Lipinski definition) is 4. The number of hydrogen-bond donors (Lipinski definition) is 0. The van der Waals surface area contributed by atoms with Gasteiger partial charge in [-0.25, -0.2) is 0 Å². The highest BCUT2D eigenvalue weighted by Crippen LogP contribution is 2.35. The summed E-state index contributed by atoms with van der Waals surface area (Å²) >= 11 is 3.48. The Balaban J connectivity index is 1.51. The molecule has 3 aromatic rings. The van der Waals surface area contributed by atoms with Crippen molar-refractivity contribution in [1.29, 1.82) is 0 Å². The Labute approximate surface area is 171 Å². The number of benzene rings is 3. The predicted octanol–water partition coefficient (Wildman–Crippen LogP) is 5.65. The second-order valence-electron chi connectivity index (χ2n) is 6.26. The number of allylic oxidation sites excluding steroid dienone is 1. The zero-order valence-corrected chi connectivity index (χ0v) is 16.7. The van der Waals surface area contributed by atoms with E-state index in [1.165, 1.54) is 0 Å². The highest BCUT2D eigenvalue weighted by Gasteiger charge is 2.27. The summed E-state index contributed by atoms with van der Waals surface area (Å²) in [5.41, 5.74) is 2.41. The number of rotatable bonds is 5. The van der Waals surface area contributed by atoms with E-state index in [0.29, 0.717) is 29.4 Å². The number of carbonyl (C=O) groups is 1. The number of ether oxygens (including phenoxy) is 3. The molecule has 5 heteroatoms. The van der Waals surface area contributed by atoms with Gasteiger partial charge in [-0.15, -0.1) is 0 Å². The van der Waals surface area contributed by atoms with E-state index in [-0.39, 0.29) is 5.78 Å². The van der Waals surface area contributed by atoms with Crippen LogP contribution in [-0.4, -0.2) is 12.9 Å². The van der Waals surface area contributed by atoms with Crippen molar-refractivity contribution in [1.82, 2.24) is 0 Å². The molecule has 0 bridgehead atoms. The lowest BCUT2D eigenvalue weighted by Gasteiger charge is -2.08. The van der Waals surface area contributed by atoms with Crippen molar-refractivity contribution in [2.45, 2.75) is 6.61 Å². The molecule has 28 heavy (non-hydrogen) atoms. The average Bonchev–Trinajstić information content (AvgIpc) is 3.03. The van der Waals surface area contributed by atoms with Crippen LogP contribution in [0, 0.1) is 0 Å². The van der Waals surface area contributed by atoms with Crippen LogP contribution in [0.15, 0.2) is 77.0 Å². The van der Waals surface area contributed by atoms with Gasteiger partial charge in [0.05, 0.1) is 12.7 Å². The third-order valence-corrected chi connectivity index (χ3v) is 5.10. The van der Waals surface area contributed by atoms with Crippen LogP contribution in [0.5, 0.6) is 17.2 Å². The minimum atomic E-state index is -0.134.